The van der Waals surface area contributed by atoms with Crippen LogP contribution in [0.3, 0.4) is 0 Å². The summed E-state index contributed by atoms with van der Waals surface area (Å²) in [6.45, 7) is 2.26. The van der Waals surface area contributed by atoms with Gasteiger partial charge in [-0.25, -0.2) is 9.48 Å². The first-order valence-corrected chi connectivity index (χ1v) is 8.54. The van der Waals surface area contributed by atoms with Crippen LogP contribution in [0.1, 0.15) is 74.8 Å². The molecule has 0 radical (unpaired) electrons. The highest BCUT2D eigenvalue weighted by Gasteiger charge is 2.29. The minimum absolute atomic E-state index is 0.0334. The quantitative estimate of drug-likeness (QED) is 0.809. The first kappa shape index (κ1) is 15.5. The molecule has 2 aliphatic rings. The van der Waals surface area contributed by atoms with E-state index < -0.39 is 5.97 Å². The highest BCUT2D eigenvalue weighted by molar-refractivity contribution is 5.84. The topological polar surface area (TPSA) is 80.0 Å². The maximum absolute atomic E-state index is 11.0. The normalized spacial score (nSPS) is 26.8. The van der Waals surface area contributed by atoms with Crippen LogP contribution >= 0.6 is 0 Å². The van der Waals surface area contributed by atoms with E-state index in [-0.39, 0.29) is 11.7 Å². The molecule has 0 amide bonds. The van der Waals surface area contributed by atoms with Crippen molar-refractivity contribution in [1.82, 2.24) is 20.3 Å². The lowest BCUT2D eigenvalue weighted by atomic mass is 9.89. The van der Waals surface area contributed by atoms with Crippen LogP contribution in [0.15, 0.2) is 6.20 Å². The van der Waals surface area contributed by atoms with E-state index in [9.17, 15) is 4.79 Å². The smallest absolute Gasteiger partial charge is 0.358 e. The van der Waals surface area contributed by atoms with Gasteiger partial charge >= 0.3 is 5.97 Å². The number of hydrogen-bond acceptors (Lipinski definition) is 4. The van der Waals surface area contributed by atoms with Crippen LogP contribution in [0.25, 0.3) is 0 Å². The lowest BCUT2D eigenvalue weighted by Crippen LogP contribution is -2.44. The second-order valence-electron chi connectivity index (χ2n) is 6.94. The second kappa shape index (κ2) is 6.77. The Morgan fingerprint density at radius 1 is 1.41 bits per heavy atom. The third kappa shape index (κ3) is 3.85. The molecule has 3 rings (SSSR count). The van der Waals surface area contributed by atoms with Crippen LogP contribution in [0, 0.1) is 5.92 Å². The van der Waals surface area contributed by atoms with Crippen molar-refractivity contribution >= 4 is 5.97 Å². The van der Waals surface area contributed by atoms with Gasteiger partial charge in [-0.05, 0) is 38.5 Å². The number of nitrogens with zero attached hydrogens (tertiary/aromatic N) is 3. The molecular formula is C16H26N4O2. The highest BCUT2D eigenvalue weighted by atomic mass is 16.4. The summed E-state index contributed by atoms with van der Waals surface area (Å²) in [6, 6.07) is 1.10. The number of carbonyl (C=O) groups is 1. The van der Waals surface area contributed by atoms with Crippen molar-refractivity contribution in [1.29, 1.82) is 0 Å². The van der Waals surface area contributed by atoms with Crippen molar-refractivity contribution in [3.05, 3.63) is 11.9 Å². The van der Waals surface area contributed by atoms with E-state index in [1.165, 1.54) is 38.5 Å². The molecule has 3 atom stereocenters. The fourth-order valence-electron chi connectivity index (χ4n) is 3.50. The molecule has 1 heterocycles. The number of rotatable bonds is 7. The third-order valence-electron chi connectivity index (χ3n) is 5.00. The van der Waals surface area contributed by atoms with Gasteiger partial charge in [0.05, 0.1) is 12.2 Å². The van der Waals surface area contributed by atoms with Gasteiger partial charge in [0.2, 0.25) is 0 Å². The van der Waals surface area contributed by atoms with E-state index in [0.29, 0.717) is 12.1 Å². The van der Waals surface area contributed by atoms with Gasteiger partial charge in [0.1, 0.15) is 0 Å². The number of nitrogens with one attached hydrogen (secondary N) is 1. The van der Waals surface area contributed by atoms with E-state index in [4.69, 9.17) is 5.11 Å². The Balaban J connectivity index is 1.60. The van der Waals surface area contributed by atoms with Gasteiger partial charge in [-0.2, -0.15) is 0 Å². The predicted molar refractivity (Wildman–Crippen MR) is 82.8 cm³/mol. The van der Waals surface area contributed by atoms with E-state index in [1.807, 2.05) is 0 Å². The zero-order valence-corrected chi connectivity index (χ0v) is 13.2. The second-order valence-corrected chi connectivity index (χ2v) is 6.94. The van der Waals surface area contributed by atoms with Crippen LogP contribution in [-0.4, -0.2) is 38.2 Å². The van der Waals surface area contributed by atoms with Gasteiger partial charge < -0.3 is 10.4 Å². The molecule has 0 aromatic carbocycles. The summed E-state index contributed by atoms with van der Waals surface area (Å²) >= 11 is 0. The number of carboxylic acid groups (broad SMARTS) is 1. The Kier molecular flexibility index (Phi) is 4.76. The molecule has 0 aliphatic heterocycles. The molecule has 0 saturated heterocycles. The first-order valence-electron chi connectivity index (χ1n) is 8.54. The van der Waals surface area contributed by atoms with E-state index >= 15 is 0 Å². The zero-order valence-electron chi connectivity index (χ0n) is 13.2. The van der Waals surface area contributed by atoms with E-state index in [1.54, 1.807) is 10.9 Å². The zero-order chi connectivity index (χ0) is 15.5. The molecule has 1 unspecified atom stereocenters. The molecule has 2 N–H and O–H groups in total. The van der Waals surface area contributed by atoms with Crippen molar-refractivity contribution in [3.8, 4) is 0 Å². The van der Waals surface area contributed by atoms with E-state index in [2.05, 4.69) is 22.6 Å². The van der Waals surface area contributed by atoms with Crippen LogP contribution in [-0.2, 0) is 0 Å². The third-order valence-corrected chi connectivity index (χ3v) is 5.00. The summed E-state index contributed by atoms with van der Waals surface area (Å²) in [7, 11) is 0. The Morgan fingerprint density at radius 2 is 2.18 bits per heavy atom. The maximum Gasteiger partial charge on any atom is 0.358 e. The molecule has 0 spiro atoms. The molecule has 0 bridgehead atoms. The van der Waals surface area contributed by atoms with Crippen molar-refractivity contribution in [2.75, 3.05) is 0 Å². The average Bonchev–Trinajstić information content (AvgIpc) is 3.20. The lowest BCUT2D eigenvalue weighted by molar-refractivity contribution is 0.0690. The molecule has 1 aromatic rings. The minimum Gasteiger partial charge on any atom is -0.476 e. The number of hydrogen-bond donors (Lipinski definition) is 2. The molecule has 2 fully saturated rings. The number of aromatic carboxylic acids is 1. The molecule has 6 nitrogen and oxygen atoms in total. The van der Waals surface area contributed by atoms with Gasteiger partial charge in [0, 0.05) is 12.1 Å². The molecular weight excluding hydrogens is 280 g/mol. The monoisotopic (exact) mass is 306 g/mol. The van der Waals surface area contributed by atoms with Crippen LogP contribution in [0.2, 0.25) is 0 Å². The Morgan fingerprint density at radius 3 is 2.86 bits per heavy atom. The number of carboxylic acids is 1. The van der Waals surface area contributed by atoms with Crippen molar-refractivity contribution in [2.45, 2.75) is 76.4 Å². The summed E-state index contributed by atoms with van der Waals surface area (Å²) in [6.07, 6.45) is 11.5. The Labute approximate surface area is 131 Å². The summed E-state index contributed by atoms with van der Waals surface area (Å²) in [4.78, 5) is 11.0. The van der Waals surface area contributed by atoms with Gasteiger partial charge in [0.15, 0.2) is 5.69 Å². The summed E-state index contributed by atoms with van der Waals surface area (Å²) < 4.78 is 1.76. The van der Waals surface area contributed by atoms with Crippen LogP contribution in [0.5, 0.6) is 0 Å². The largest absolute Gasteiger partial charge is 0.476 e. The van der Waals surface area contributed by atoms with Crippen LogP contribution in [0.4, 0.5) is 0 Å². The average molecular weight is 306 g/mol. The van der Waals surface area contributed by atoms with E-state index in [0.717, 1.165) is 18.8 Å². The van der Waals surface area contributed by atoms with Gasteiger partial charge in [-0.1, -0.05) is 30.9 Å². The fraction of sp³-hybridized carbons (Fsp3) is 0.812. The minimum atomic E-state index is -1.01. The predicted octanol–water partition coefficient (Wildman–Crippen LogP) is 2.63. The number of aromatic nitrogens is 3. The van der Waals surface area contributed by atoms with Crippen LogP contribution < -0.4 is 5.32 Å². The standard InChI is InChI=1S/C16H26N4O2/c1-11(6-7-12-8-9-12)17-13-4-2-3-5-15(13)20-10-14(16(21)22)18-19-20/h10-13,15,17H,2-9H2,1H3,(H,21,22)/t11?,13-,15+/m1/s1. The van der Waals surface area contributed by atoms with Gasteiger partial charge in [0.25, 0.3) is 0 Å². The summed E-state index contributed by atoms with van der Waals surface area (Å²) in [5.41, 5.74) is 0.0334. The molecule has 6 heteroatoms. The Bertz CT molecular complexity index is 512. The lowest BCUT2D eigenvalue weighted by Gasteiger charge is -2.34. The van der Waals surface area contributed by atoms with Crippen molar-refractivity contribution in [3.63, 3.8) is 0 Å². The van der Waals surface area contributed by atoms with Gasteiger partial charge in [-0.3, -0.25) is 0 Å². The molecule has 22 heavy (non-hydrogen) atoms. The SMILES string of the molecule is CC(CCC1CC1)N[C@@H]1CCCC[C@@H]1n1cc(C(=O)O)nn1. The molecule has 1 aromatic heterocycles. The van der Waals surface area contributed by atoms with Crippen molar-refractivity contribution in [2.24, 2.45) is 5.92 Å². The first-order chi connectivity index (χ1) is 10.6. The van der Waals surface area contributed by atoms with Crippen molar-refractivity contribution < 1.29 is 9.90 Å². The fourth-order valence-corrected chi connectivity index (χ4v) is 3.50. The van der Waals surface area contributed by atoms with Gasteiger partial charge in [-0.15, -0.1) is 5.10 Å². The summed E-state index contributed by atoms with van der Waals surface area (Å²) in [5.74, 6) is -0.0378. The maximum atomic E-state index is 11.0. The molecule has 122 valence electrons. The highest BCUT2D eigenvalue weighted by Crippen LogP contribution is 2.34. The molecule has 2 aliphatic carbocycles. The summed E-state index contributed by atoms with van der Waals surface area (Å²) in [5, 5.41) is 20.6. The Hall–Kier alpha value is -1.43. The molecule has 2 saturated carbocycles.